The molecule has 1 amide bonds. The summed E-state index contributed by atoms with van der Waals surface area (Å²) < 4.78 is 33.3. The SMILES string of the molecule is CCOC(=O)c1ccc(NC(=O)CN(c2ccc(C)c(C)c2)S(=O)(=O)c2ccc(C)cc2)c(C)c1. The van der Waals surface area contributed by atoms with Gasteiger partial charge in [-0.3, -0.25) is 9.10 Å². The van der Waals surface area contributed by atoms with Gasteiger partial charge in [0.25, 0.3) is 10.0 Å². The van der Waals surface area contributed by atoms with E-state index in [2.05, 4.69) is 5.32 Å². The van der Waals surface area contributed by atoms with Crippen molar-refractivity contribution in [2.75, 3.05) is 22.8 Å². The average Bonchev–Trinajstić information content (AvgIpc) is 2.81. The second-order valence-electron chi connectivity index (χ2n) is 8.39. The van der Waals surface area contributed by atoms with Crippen LogP contribution in [0.4, 0.5) is 11.4 Å². The monoisotopic (exact) mass is 494 g/mol. The number of esters is 1. The van der Waals surface area contributed by atoms with Crippen LogP contribution in [0.15, 0.2) is 65.6 Å². The molecule has 0 atom stereocenters. The first-order valence-corrected chi connectivity index (χ1v) is 12.7. The molecule has 0 radical (unpaired) electrons. The third kappa shape index (κ3) is 6.08. The van der Waals surface area contributed by atoms with E-state index in [1.54, 1.807) is 56.3 Å². The van der Waals surface area contributed by atoms with Gasteiger partial charge in [-0.2, -0.15) is 0 Å². The molecule has 0 spiro atoms. The van der Waals surface area contributed by atoms with Crippen LogP contribution in [0.1, 0.15) is 39.5 Å². The molecule has 0 heterocycles. The van der Waals surface area contributed by atoms with Gasteiger partial charge < -0.3 is 10.1 Å². The maximum Gasteiger partial charge on any atom is 0.338 e. The molecule has 0 saturated heterocycles. The van der Waals surface area contributed by atoms with E-state index in [-0.39, 0.29) is 11.5 Å². The van der Waals surface area contributed by atoms with Crippen LogP contribution < -0.4 is 9.62 Å². The van der Waals surface area contributed by atoms with E-state index in [1.807, 2.05) is 26.8 Å². The summed E-state index contributed by atoms with van der Waals surface area (Å²) >= 11 is 0. The molecule has 0 unspecified atom stereocenters. The van der Waals surface area contributed by atoms with Crippen LogP contribution >= 0.6 is 0 Å². The summed E-state index contributed by atoms with van der Waals surface area (Å²) in [5.74, 6) is -0.954. The Morgan fingerprint density at radius 3 is 2.14 bits per heavy atom. The molecule has 3 aromatic rings. The van der Waals surface area contributed by atoms with Gasteiger partial charge in [-0.1, -0.05) is 23.8 Å². The van der Waals surface area contributed by atoms with Crippen LogP contribution in [-0.4, -0.2) is 33.4 Å². The Bertz CT molecular complexity index is 1350. The van der Waals surface area contributed by atoms with E-state index in [9.17, 15) is 18.0 Å². The van der Waals surface area contributed by atoms with Crippen molar-refractivity contribution in [3.63, 3.8) is 0 Å². The van der Waals surface area contributed by atoms with Crippen LogP contribution in [0.25, 0.3) is 0 Å². The molecule has 3 rings (SSSR count). The number of nitrogens with zero attached hydrogens (tertiary/aromatic N) is 1. The first-order chi connectivity index (χ1) is 16.5. The number of sulfonamides is 1. The standard InChI is InChI=1S/C27H30N2O5S/c1-6-34-27(31)22-10-14-25(21(5)15-22)28-26(30)17-29(23-11-9-19(3)20(4)16-23)35(32,33)24-12-7-18(2)8-13-24/h7-16H,6,17H2,1-5H3,(H,28,30). The molecule has 0 aliphatic carbocycles. The number of hydrogen-bond acceptors (Lipinski definition) is 5. The Morgan fingerprint density at radius 1 is 0.857 bits per heavy atom. The highest BCUT2D eigenvalue weighted by Gasteiger charge is 2.27. The molecule has 3 aromatic carbocycles. The molecule has 1 N–H and O–H groups in total. The van der Waals surface area contributed by atoms with E-state index in [0.717, 1.165) is 21.0 Å². The predicted molar refractivity (Wildman–Crippen MR) is 137 cm³/mol. The topological polar surface area (TPSA) is 92.8 Å². The van der Waals surface area contributed by atoms with Gasteiger partial charge >= 0.3 is 5.97 Å². The molecule has 7 nitrogen and oxygen atoms in total. The number of carbonyl (C=O) groups excluding carboxylic acids is 2. The number of benzene rings is 3. The van der Waals surface area contributed by atoms with E-state index >= 15 is 0 Å². The molecule has 0 saturated carbocycles. The summed E-state index contributed by atoms with van der Waals surface area (Å²) in [4.78, 5) is 25.1. The van der Waals surface area contributed by atoms with E-state index < -0.39 is 28.4 Å². The second-order valence-corrected chi connectivity index (χ2v) is 10.3. The van der Waals surface area contributed by atoms with Crippen molar-refractivity contribution in [3.8, 4) is 0 Å². The number of carbonyl (C=O) groups is 2. The molecule has 0 aromatic heterocycles. The van der Waals surface area contributed by atoms with Crippen LogP contribution in [-0.2, 0) is 19.6 Å². The van der Waals surface area contributed by atoms with E-state index in [0.29, 0.717) is 22.5 Å². The number of amides is 1. The highest BCUT2D eigenvalue weighted by atomic mass is 32.2. The van der Waals surface area contributed by atoms with E-state index in [1.165, 1.54) is 12.1 Å². The third-order valence-electron chi connectivity index (χ3n) is 5.69. The Morgan fingerprint density at radius 2 is 1.54 bits per heavy atom. The summed E-state index contributed by atoms with van der Waals surface area (Å²) in [6.45, 7) is 9.03. The molecular formula is C27H30N2O5S. The summed E-state index contributed by atoms with van der Waals surface area (Å²) in [5, 5.41) is 2.77. The number of hydrogen-bond donors (Lipinski definition) is 1. The zero-order valence-electron chi connectivity index (χ0n) is 20.6. The first kappa shape index (κ1) is 26.0. The summed E-state index contributed by atoms with van der Waals surface area (Å²) in [5.41, 5.74) is 4.78. The van der Waals surface area contributed by atoms with Crippen molar-refractivity contribution >= 4 is 33.3 Å². The van der Waals surface area contributed by atoms with Crippen molar-refractivity contribution in [1.29, 1.82) is 0 Å². The fourth-order valence-corrected chi connectivity index (χ4v) is 4.91. The lowest BCUT2D eigenvalue weighted by Crippen LogP contribution is -2.38. The lowest BCUT2D eigenvalue weighted by molar-refractivity contribution is -0.114. The smallest absolute Gasteiger partial charge is 0.338 e. The van der Waals surface area contributed by atoms with Gasteiger partial charge in [0.2, 0.25) is 5.91 Å². The minimum atomic E-state index is -4.01. The van der Waals surface area contributed by atoms with Crippen molar-refractivity contribution in [2.24, 2.45) is 0 Å². The first-order valence-electron chi connectivity index (χ1n) is 11.3. The zero-order chi connectivity index (χ0) is 25.8. The molecule has 0 fully saturated rings. The Balaban J connectivity index is 1.92. The summed E-state index contributed by atoms with van der Waals surface area (Å²) in [6, 6.07) is 16.6. The average molecular weight is 495 g/mol. The minimum absolute atomic E-state index is 0.101. The van der Waals surface area contributed by atoms with Gasteiger partial charge in [-0.25, -0.2) is 13.2 Å². The molecular weight excluding hydrogens is 464 g/mol. The fraction of sp³-hybridized carbons (Fsp3) is 0.259. The Labute approximate surface area is 206 Å². The van der Waals surface area contributed by atoms with Crippen molar-refractivity contribution in [1.82, 2.24) is 0 Å². The quantitative estimate of drug-likeness (QED) is 0.448. The van der Waals surface area contributed by atoms with Crippen molar-refractivity contribution in [2.45, 2.75) is 39.5 Å². The number of nitrogens with one attached hydrogen (secondary N) is 1. The van der Waals surface area contributed by atoms with Crippen molar-refractivity contribution < 1.29 is 22.7 Å². The third-order valence-corrected chi connectivity index (χ3v) is 7.47. The van der Waals surface area contributed by atoms with E-state index in [4.69, 9.17) is 4.74 Å². The molecule has 0 bridgehead atoms. The number of ether oxygens (including phenoxy) is 1. The maximum absolute atomic E-state index is 13.6. The molecule has 35 heavy (non-hydrogen) atoms. The number of rotatable bonds is 8. The summed E-state index contributed by atoms with van der Waals surface area (Å²) in [7, 11) is -4.01. The van der Waals surface area contributed by atoms with Crippen molar-refractivity contribution in [3.05, 3.63) is 88.5 Å². The highest BCUT2D eigenvalue weighted by Crippen LogP contribution is 2.26. The van der Waals surface area contributed by atoms with Gasteiger partial charge in [0, 0.05) is 5.69 Å². The zero-order valence-corrected chi connectivity index (χ0v) is 21.4. The van der Waals surface area contributed by atoms with Crippen LogP contribution in [0.5, 0.6) is 0 Å². The number of anilines is 2. The lowest BCUT2D eigenvalue weighted by atomic mass is 10.1. The van der Waals surface area contributed by atoms with Gasteiger partial charge in [0.15, 0.2) is 0 Å². The van der Waals surface area contributed by atoms with Crippen LogP contribution in [0.2, 0.25) is 0 Å². The summed E-state index contributed by atoms with van der Waals surface area (Å²) in [6.07, 6.45) is 0. The maximum atomic E-state index is 13.6. The largest absolute Gasteiger partial charge is 0.462 e. The van der Waals surface area contributed by atoms with Gasteiger partial charge in [-0.05, 0) is 93.8 Å². The van der Waals surface area contributed by atoms with Crippen LogP contribution in [0.3, 0.4) is 0 Å². The molecule has 0 aliphatic rings. The Hall–Kier alpha value is -3.65. The highest BCUT2D eigenvalue weighted by molar-refractivity contribution is 7.92. The Kier molecular flexibility index (Phi) is 7.96. The lowest BCUT2D eigenvalue weighted by Gasteiger charge is -2.25. The fourth-order valence-electron chi connectivity index (χ4n) is 3.50. The predicted octanol–water partition coefficient (Wildman–Crippen LogP) is 4.93. The van der Waals surface area contributed by atoms with Gasteiger partial charge in [0.1, 0.15) is 6.54 Å². The minimum Gasteiger partial charge on any atom is -0.462 e. The molecule has 0 aliphatic heterocycles. The second kappa shape index (κ2) is 10.7. The molecule has 184 valence electrons. The van der Waals surface area contributed by atoms with Crippen LogP contribution in [0, 0.1) is 27.7 Å². The molecule has 8 heteroatoms. The number of aryl methyl sites for hydroxylation is 4. The normalized spacial score (nSPS) is 11.1. The van der Waals surface area contributed by atoms with Gasteiger partial charge in [0.05, 0.1) is 22.8 Å². The van der Waals surface area contributed by atoms with Gasteiger partial charge in [-0.15, -0.1) is 0 Å².